The summed E-state index contributed by atoms with van der Waals surface area (Å²) in [6.07, 6.45) is 6.96. The van der Waals surface area contributed by atoms with E-state index in [2.05, 4.69) is 32.8 Å². The third kappa shape index (κ3) is 5.73. The van der Waals surface area contributed by atoms with Gasteiger partial charge in [0.15, 0.2) is 23.0 Å². The van der Waals surface area contributed by atoms with Crippen LogP contribution in [0.5, 0.6) is 11.5 Å². The van der Waals surface area contributed by atoms with Crippen LogP contribution in [0.25, 0.3) is 22.3 Å². The van der Waals surface area contributed by atoms with Crippen LogP contribution in [0, 0.1) is 0 Å². The van der Waals surface area contributed by atoms with Gasteiger partial charge in [0.05, 0.1) is 32.3 Å². The molecule has 1 saturated heterocycles. The van der Waals surface area contributed by atoms with Crippen LogP contribution in [0.2, 0.25) is 0 Å². The molecule has 254 valence electrons. The predicted octanol–water partition coefficient (Wildman–Crippen LogP) is 5.94. The number of benzene rings is 2. The van der Waals surface area contributed by atoms with Gasteiger partial charge in [-0.15, -0.1) is 0 Å². The van der Waals surface area contributed by atoms with Crippen molar-refractivity contribution in [3.05, 3.63) is 83.8 Å². The molecule has 0 unspecified atom stereocenters. The third-order valence-electron chi connectivity index (χ3n) is 9.56. The number of imidazole rings is 1. The van der Waals surface area contributed by atoms with Gasteiger partial charge in [-0.2, -0.15) is 10.1 Å². The van der Waals surface area contributed by atoms with Gasteiger partial charge in [-0.05, 0) is 56.5 Å². The number of hydrogen-bond acceptors (Lipinski definition) is 9. The van der Waals surface area contributed by atoms with E-state index in [1.165, 1.54) is 0 Å². The molecule has 1 spiro atoms. The summed E-state index contributed by atoms with van der Waals surface area (Å²) in [6.45, 7) is 8.85. The minimum atomic E-state index is -0.688. The molecule has 1 atom stereocenters. The van der Waals surface area contributed by atoms with E-state index in [9.17, 15) is 4.79 Å². The Balaban J connectivity index is 1.15. The van der Waals surface area contributed by atoms with Crippen molar-refractivity contribution in [2.45, 2.75) is 63.8 Å². The minimum absolute atomic E-state index is 0.422. The van der Waals surface area contributed by atoms with E-state index in [0.717, 1.165) is 62.9 Å². The fourth-order valence-corrected chi connectivity index (χ4v) is 7.18. The average molecular weight is 664 g/mol. The lowest BCUT2D eigenvalue weighted by atomic mass is 9.84. The fourth-order valence-electron chi connectivity index (χ4n) is 7.18. The molecule has 0 bridgehead atoms. The Kier molecular flexibility index (Phi) is 7.70. The maximum atomic E-state index is 13.0. The number of nitrogens with one attached hydrogen (secondary N) is 1. The molecule has 6 heterocycles. The van der Waals surface area contributed by atoms with Crippen LogP contribution in [-0.4, -0.2) is 74.8 Å². The van der Waals surface area contributed by atoms with Gasteiger partial charge in [0.1, 0.15) is 17.2 Å². The van der Waals surface area contributed by atoms with Crippen LogP contribution < -0.4 is 19.7 Å². The molecular formula is C37H41N7O5. The average Bonchev–Trinajstić information content (AvgIpc) is 3.80. The fraction of sp³-hybridized carbons (Fsp3) is 0.405. The first-order valence-electron chi connectivity index (χ1n) is 16.9. The maximum absolute atomic E-state index is 13.0. The van der Waals surface area contributed by atoms with Crippen LogP contribution in [0.1, 0.15) is 63.0 Å². The van der Waals surface area contributed by atoms with Crippen LogP contribution in [0.3, 0.4) is 0 Å². The van der Waals surface area contributed by atoms with E-state index in [-0.39, 0.29) is 0 Å². The highest BCUT2D eigenvalue weighted by molar-refractivity contribution is 5.99. The summed E-state index contributed by atoms with van der Waals surface area (Å²) in [5, 5.41) is 9.04. The lowest BCUT2D eigenvalue weighted by molar-refractivity contribution is -0.0533. The van der Waals surface area contributed by atoms with Gasteiger partial charge in [0, 0.05) is 49.4 Å². The summed E-state index contributed by atoms with van der Waals surface area (Å²) < 4.78 is 27.9. The second-order valence-corrected chi connectivity index (χ2v) is 14.0. The number of rotatable bonds is 6. The predicted molar refractivity (Wildman–Crippen MR) is 185 cm³/mol. The molecule has 3 aromatic heterocycles. The summed E-state index contributed by atoms with van der Waals surface area (Å²) in [5.41, 5.74) is 4.50. The molecule has 3 aliphatic heterocycles. The van der Waals surface area contributed by atoms with Gasteiger partial charge in [-0.3, -0.25) is 4.40 Å². The molecule has 2 aromatic carbocycles. The summed E-state index contributed by atoms with van der Waals surface area (Å²) in [6, 6.07) is 15.9. The Morgan fingerprint density at radius 3 is 2.61 bits per heavy atom. The second kappa shape index (κ2) is 12.1. The number of amides is 1. The van der Waals surface area contributed by atoms with Crippen LogP contribution in [0.4, 0.5) is 10.7 Å². The summed E-state index contributed by atoms with van der Waals surface area (Å²) in [5.74, 6) is 2.36. The van der Waals surface area contributed by atoms with E-state index in [1.807, 2.05) is 74.2 Å². The number of carbonyl (C=O) groups is 1. The van der Waals surface area contributed by atoms with Gasteiger partial charge in [-0.25, -0.2) is 14.5 Å². The molecule has 3 aliphatic rings. The Morgan fingerprint density at radius 1 is 1.08 bits per heavy atom. The van der Waals surface area contributed by atoms with Gasteiger partial charge in [-0.1, -0.05) is 36.4 Å². The normalized spacial score (nSPS) is 18.7. The van der Waals surface area contributed by atoms with Gasteiger partial charge < -0.3 is 29.2 Å². The number of anilines is 1. The number of hydrogen-bond donors (Lipinski definition) is 1. The Bertz CT molecular complexity index is 2050. The Labute approximate surface area is 284 Å². The van der Waals surface area contributed by atoms with Crippen LogP contribution >= 0.6 is 0 Å². The van der Waals surface area contributed by atoms with Crippen LogP contribution in [0.15, 0.2) is 67.0 Å². The van der Waals surface area contributed by atoms with E-state index in [0.29, 0.717) is 45.7 Å². The zero-order chi connectivity index (χ0) is 33.8. The summed E-state index contributed by atoms with van der Waals surface area (Å²) >= 11 is 0. The van der Waals surface area contributed by atoms with Crippen molar-refractivity contribution < 1.29 is 23.7 Å². The van der Waals surface area contributed by atoms with Crippen molar-refractivity contribution in [2.24, 2.45) is 0 Å². The number of methoxy groups -OCH3 is 1. The molecule has 0 saturated carbocycles. The van der Waals surface area contributed by atoms with Crippen molar-refractivity contribution >= 4 is 34.3 Å². The number of ether oxygens (including phenoxy) is 4. The van der Waals surface area contributed by atoms with E-state index in [4.69, 9.17) is 34.0 Å². The topological polar surface area (TPSA) is 117 Å². The highest BCUT2D eigenvalue weighted by Crippen LogP contribution is 2.50. The summed E-state index contributed by atoms with van der Waals surface area (Å²) in [7, 11) is 1.67. The quantitative estimate of drug-likeness (QED) is 0.236. The molecule has 49 heavy (non-hydrogen) atoms. The molecule has 8 rings (SSSR count). The molecule has 1 amide bonds. The van der Waals surface area contributed by atoms with Crippen molar-refractivity contribution in [1.82, 2.24) is 29.5 Å². The number of carbonyl (C=O) groups excluding carboxylic acids is 1. The summed E-state index contributed by atoms with van der Waals surface area (Å²) in [4.78, 5) is 25.5. The number of aromatic nitrogens is 5. The second-order valence-electron chi connectivity index (χ2n) is 14.0. The first-order valence-corrected chi connectivity index (χ1v) is 16.9. The number of piperidine rings is 1. The Morgan fingerprint density at radius 2 is 1.88 bits per heavy atom. The number of nitrogens with zero attached hydrogens (tertiary/aromatic N) is 6. The number of fused-ring (bicyclic) bond motifs is 4. The zero-order valence-corrected chi connectivity index (χ0v) is 28.3. The van der Waals surface area contributed by atoms with Gasteiger partial charge >= 0.3 is 6.09 Å². The lowest BCUT2D eigenvalue weighted by Gasteiger charge is -2.42. The molecule has 0 radical (unpaired) electrons. The monoisotopic (exact) mass is 663 g/mol. The third-order valence-corrected chi connectivity index (χ3v) is 9.56. The molecule has 12 nitrogen and oxygen atoms in total. The van der Waals surface area contributed by atoms with E-state index < -0.39 is 23.3 Å². The standard InChI is InChI=1S/C37H41N7O5/c1-36(2,3)40-35(45)48-31-27-7-5-6-8-28(27)49-37(31)15-18-42(19-16-37)34-39-33-29(32-38-17-20-43(32)34)30(25-13-21-47-22-14-25)41-44(33)23-24-9-11-26(46-4)12-10-24/h5-13,17,20,31H,14-16,18-19,21-23H2,1-4H3,(H,40,45)/t31-/m1/s1. The van der Waals surface area contributed by atoms with E-state index in [1.54, 1.807) is 7.11 Å². The zero-order valence-electron chi connectivity index (χ0n) is 28.3. The highest BCUT2D eigenvalue weighted by atomic mass is 16.6. The van der Waals surface area contributed by atoms with Crippen molar-refractivity contribution in [3.63, 3.8) is 0 Å². The smallest absolute Gasteiger partial charge is 0.408 e. The number of para-hydroxylation sites is 1. The molecular weight excluding hydrogens is 622 g/mol. The largest absolute Gasteiger partial charge is 0.497 e. The van der Waals surface area contributed by atoms with Gasteiger partial charge in [0.25, 0.3) is 0 Å². The molecule has 12 heteroatoms. The maximum Gasteiger partial charge on any atom is 0.408 e. The molecule has 1 N–H and O–H groups in total. The molecule has 5 aromatic rings. The number of alkyl carbamates (subject to hydrolysis) is 1. The van der Waals surface area contributed by atoms with E-state index >= 15 is 0 Å². The van der Waals surface area contributed by atoms with Crippen molar-refractivity contribution in [2.75, 3.05) is 38.3 Å². The van der Waals surface area contributed by atoms with Gasteiger partial charge in [0.2, 0.25) is 5.95 Å². The van der Waals surface area contributed by atoms with Crippen molar-refractivity contribution in [3.8, 4) is 11.5 Å². The Hall–Kier alpha value is -5.10. The van der Waals surface area contributed by atoms with Crippen molar-refractivity contribution in [1.29, 1.82) is 0 Å². The highest BCUT2D eigenvalue weighted by Gasteiger charge is 2.53. The lowest BCUT2D eigenvalue weighted by Crippen LogP contribution is -2.52. The molecule has 0 aliphatic carbocycles. The first kappa shape index (κ1) is 31.2. The minimum Gasteiger partial charge on any atom is -0.497 e. The SMILES string of the molecule is COc1ccc(Cn2nc(C3=CCOCC3)c3c2nc(N2CCC4(CC2)Oc2ccccc2[C@H]4OC(=O)NC(C)(C)C)n2ccnc32)cc1. The first-order chi connectivity index (χ1) is 23.7. The van der Waals surface area contributed by atoms with Crippen LogP contribution in [-0.2, 0) is 16.0 Å². The molecule has 1 fully saturated rings.